The monoisotopic (exact) mass is 1830 g/mol. The van der Waals surface area contributed by atoms with Crippen molar-refractivity contribution in [3.8, 4) is 67.5 Å². The van der Waals surface area contributed by atoms with Crippen molar-refractivity contribution in [2.75, 3.05) is 60.7 Å². The summed E-state index contributed by atoms with van der Waals surface area (Å²) < 4.78 is 19.5. The molecule has 20 aliphatic rings. The van der Waals surface area contributed by atoms with E-state index >= 15 is 0 Å². The zero-order chi connectivity index (χ0) is 94.2. The van der Waals surface area contributed by atoms with Crippen LogP contribution < -0.4 is 34.4 Å². The molecule has 12 aromatic rings. The maximum absolute atomic E-state index is 10.7. The second-order valence-electron chi connectivity index (χ2n) is 43.8. The molecule has 4 unspecified atom stereocenters. The van der Waals surface area contributed by atoms with Crippen molar-refractivity contribution in [3.63, 3.8) is 0 Å². The van der Waals surface area contributed by atoms with E-state index in [1.54, 1.807) is 31.7 Å². The van der Waals surface area contributed by atoms with Crippen LogP contribution in [-0.4, -0.2) is 144 Å². The molecular weight excluding hydrogens is 1690 g/mol. The Morgan fingerprint density at radius 2 is 0.637 bits per heavy atom. The highest BCUT2D eigenvalue weighted by atomic mass is 16.5. The molecule has 30 nitrogen and oxygen atoms in total. The van der Waals surface area contributed by atoms with E-state index < -0.39 is 18.3 Å². The van der Waals surface area contributed by atoms with Crippen LogP contribution in [0.1, 0.15) is 281 Å². The van der Waals surface area contributed by atoms with Gasteiger partial charge in [0.1, 0.15) is 94.8 Å². The van der Waals surface area contributed by atoms with Gasteiger partial charge in [0.2, 0.25) is 0 Å². The van der Waals surface area contributed by atoms with Gasteiger partial charge in [-0.05, 0) is 295 Å². The van der Waals surface area contributed by atoms with Gasteiger partial charge in [-0.1, -0.05) is 34.6 Å². The van der Waals surface area contributed by atoms with E-state index in [-0.39, 0.29) is 34.3 Å². The normalized spacial score (nSPS) is 28.3. The number of aliphatic hydroxyl groups excluding tert-OH is 4. The Morgan fingerprint density at radius 3 is 0.933 bits per heavy atom. The first-order chi connectivity index (χ1) is 64.6. The fourth-order valence-electron chi connectivity index (χ4n) is 24.4. The number of aryl methyl sites for hydroxylation is 6. The number of pyridine rings is 6. The van der Waals surface area contributed by atoms with Gasteiger partial charge in [-0.2, -0.15) is 0 Å². The Balaban J connectivity index is 0.0000000974. The zero-order valence-corrected chi connectivity index (χ0v) is 80.5. The van der Waals surface area contributed by atoms with Crippen LogP contribution in [0, 0.1) is 77.0 Å². The van der Waals surface area contributed by atoms with Crippen LogP contribution in [0.4, 0.5) is 34.9 Å². The van der Waals surface area contributed by atoms with E-state index in [1.165, 1.54) is 127 Å². The second kappa shape index (κ2) is 33.6. The lowest BCUT2D eigenvalue weighted by molar-refractivity contribution is -0.221. The largest absolute Gasteiger partial charge is 0.388 e. The average Bonchev–Trinajstić information content (AvgIpc) is 1.58. The first-order valence-electron chi connectivity index (χ1n) is 49.5. The molecule has 0 amide bonds. The molecule has 1 saturated heterocycles. The molecule has 0 spiro atoms. The SMILES string of the molecule is CCC(C)c1nc(-c2cnc(N)c(C)c2)cn1C12CC(N3CCOCC3)(C1)C2.CCC(O)c1nc(-c2cnc(N)c(C)c2)cn1C12CC(C1)C2.Cc1cc(-c2cn(C34CC(C3)C4)c(C(C)C)n2)cnc1N.Cc1cc(-c2cn(C34CC(C3)C4)c(C(C)O)n2)cnc1N.Cc1cc(-c2cn(C34CC(C3)C4)c(C(O)C3CC3)n2)cnc1N.Cc1cc(-c2cn(C34CC(C3)C4)c(CO)n2)cnc1N. The number of morpholine rings is 1. The minimum Gasteiger partial charge on any atom is -0.388 e. The molecule has 0 radical (unpaired) electrons. The van der Waals surface area contributed by atoms with Gasteiger partial charge in [0.05, 0.1) is 52.9 Å². The van der Waals surface area contributed by atoms with Gasteiger partial charge in [-0.25, -0.2) is 59.8 Å². The number of aromatic nitrogens is 18. The Hall–Kier alpha value is -11.3. The molecule has 19 aliphatic carbocycles. The number of hydrogen-bond donors (Lipinski definition) is 10. The zero-order valence-electron chi connectivity index (χ0n) is 80.5. The highest BCUT2D eigenvalue weighted by Gasteiger charge is 2.72. The van der Waals surface area contributed by atoms with Gasteiger partial charge in [-0.3, -0.25) is 4.90 Å². The standard InChI is InChI=1S/C22H31N5O.C18H22N4O.C17H22N4O.C17H22N4.C16H20N4O.C15H18N4O/c1-4-15(2)20-25-18(17-9-16(3)19(23)24-10-17)11-27(20)22-12-21(13-22,14-22)26-5-7-28-8-6-26;1-10-4-13(8-20-16(10)19)14-9-22(18-5-11(6-18)7-18)17(21-14)15(23)12-2-3-12;1-3-14(22)16-20-13(12-4-10(2)15(18)19-8-12)9-21(16)17-5-11(6-17)7-17;1-10(2)16-20-14(13-4-11(3)15(18)19-8-13)9-21(16)17-5-12(6-17)7-17;1-9-3-12(7-18-14(9)17)13-8-20(15(19-13)10(2)21)16-4-11(5-16)6-16;1-9-2-11(6-17-14(9)16)12-7-19(13(8-20)18-12)15-3-10(4-15)5-15/h9-11,15H,4-8,12-14H2,1-3H3,(H2,23,24);4,8-9,11-12,15,23H,2-3,5-7H2,1H3,(H2,19,20);4,8-9,11,14,22H,3,5-7H2,1-2H3,(H2,18,19);4,8-10,12H,5-7H2,1-3H3,(H2,18,19);3,7-8,10-11,21H,4-6H2,1-2H3,(H2,17,18);2,6-7,10,20H,3-5,8H2,1H3,(H2,16,17). The lowest BCUT2D eigenvalue weighted by Gasteiger charge is -2.74. The molecule has 12 bridgehead atoms. The Kier molecular flexibility index (Phi) is 22.4. The molecule has 20 fully saturated rings. The van der Waals surface area contributed by atoms with Crippen LogP contribution in [0.15, 0.2) is 111 Å². The summed E-state index contributed by atoms with van der Waals surface area (Å²) in [6.45, 7) is 28.4. The Bertz CT molecular complexity index is 6320. The predicted octanol–water partition coefficient (Wildman–Crippen LogP) is 16.6. The van der Waals surface area contributed by atoms with E-state index in [0.29, 0.717) is 70.2 Å². The molecule has 135 heavy (non-hydrogen) atoms. The van der Waals surface area contributed by atoms with Gasteiger partial charge < -0.3 is 87.0 Å². The molecule has 30 heteroatoms. The first-order valence-corrected chi connectivity index (χ1v) is 49.5. The molecule has 710 valence electrons. The summed E-state index contributed by atoms with van der Waals surface area (Å²) in [7, 11) is 0. The number of ether oxygens (including phenoxy) is 1. The van der Waals surface area contributed by atoms with Gasteiger partial charge in [0.25, 0.3) is 0 Å². The van der Waals surface area contributed by atoms with Gasteiger partial charge >= 0.3 is 0 Å². The van der Waals surface area contributed by atoms with Crippen LogP contribution in [0.2, 0.25) is 0 Å². The van der Waals surface area contributed by atoms with Gasteiger partial charge in [-0.15, -0.1) is 0 Å². The smallest absolute Gasteiger partial charge is 0.139 e. The minimum atomic E-state index is -0.560. The molecule has 32 rings (SSSR count). The fourth-order valence-corrected chi connectivity index (χ4v) is 24.4. The lowest BCUT2D eigenvalue weighted by atomic mass is 9.43. The van der Waals surface area contributed by atoms with Gasteiger partial charge in [0, 0.05) is 166 Å². The minimum absolute atomic E-state index is 0.0200. The molecule has 13 heterocycles. The van der Waals surface area contributed by atoms with Crippen molar-refractivity contribution in [1.82, 2.24) is 92.1 Å². The second-order valence-corrected chi connectivity index (χ2v) is 43.8. The summed E-state index contributed by atoms with van der Waals surface area (Å²) >= 11 is 0. The summed E-state index contributed by atoms with van der Waals surface area (Å²) in [5, 5.41) is 40.6. The van der Waals surface area contributed by atoms with E-state index in [1.807, 2.05) is 85.1 Å². The molecule has 4 atom stereocenters. The van der Waals surface area contributed by atoms with Crippen molar-refractivity contribution in [1.29, 1.82) is 0 Å². The average molecular weight is 1830 g/mol. The van der Waals surface area contributed by atoms with Gasteiger partial charge in [0.15, 0.2) is 0 Å². The topological polar surface area (TPSA) is 434 Å². The molecule has 0 aromatic carbocycles. The maximum Gasteiger partial charge on any atom is 0.139 e. The van der Waals surface area contributed by atoms with Crippen molar-refractivity contribution >= 4 is 34.9 Å². The summed E-state index contributed by atoms with van der Waals surface area (Å²) in [4.78, 5) is 56.9. The molecule has 1 aliphatic heterocycles. The van der Waals surface area contributed by atoms with E-state index in [0.717, 1.165) is 199 Å². The van der Waals surface area contributed by atoms with Crippen molar-refractivity contribution in [2.45, 2.75) is 300 Å². The summed E-state index contributed by atoms with van der Waals surface area (Å²) in [5.74, 6) is 14.8. The quantitative estimate of drug-likeness (QED) is 0.0301. The summed E-state index contributed by atoms with van der Waals surface area (Å²) in [6.07, 6.45) is 48.6. The van der Waals surface area contributed by atoms with Crippen LogP contribution in [0.5, 0.6) is 0 Å². The number of hydrogen-bond acceptors (Lipinski definition) is 24. The van der Waals surface area contributed by atoms with E-state index in [9.17, 15) is 20.4 Å². The molecule has 12 aromatic heterocycles. The number of aliphatic hydroxyl groups is 4. The van der Waals surface area contributed by atoms with Crippen LogP contribution in [-0.2, 0) is 44.6 Å². The summed E-state index contributed by atoms with van der Waals surface area (Å²) in [6, 6.07) is 12.2. The lowest BCUT2D eigenvalue weighted by Crippen LogP contribution is -2.79. The third-order valence-corrected chi connectivity index (χ3v) is 33.8. The predicted molar refractivity (Wildman–Crippen MR) is 523 cm³/mol. The van der Waals surface area contributed by atoms with Crippen molar-refractivity contribution < 1.29 is 25.2 Å². The molecule has 16 N–H and O–H groups in total. The van der Waals surface area contributed by atoms with Crippen LogP contribution in [0.3, 0.4) is 0 Å². The van der Waals surface area contributed by atoms with Crippen LogP contribution >= 0.6 is 0 Å². The number of nitrogens with zero attached hydrogens (tertiary/aromatic N) is 19. The fraction of sp³-hybridized carbons (Fsp3) is 0.543. The molecule has 19 saturated carbocycles. The Morgan fingerprint density at radius 1 is 0.356 bits per heavy atom. The number of anilines is 6. The third-order valence-electron chi connectivity index (χ3n) is 33.8. The maximum atomic E-state index is 10.7. The number of imidazole rings is 6. The number of rotatable bonds is 22. The first kappa shape index (κ1) is 90.2. The van der Waals surface area contributed by atoms with Crippen molar-refractivity contribution in [2.24, 2.45) is 35.5 Å². The van der Waals surface area contributed by atoms with E-state index in [2.05, 4.69) is 149 Å². The highest BCUT2D eigenvalue weighted by Crippen LogP contribution is 2.70. The number of nitrogen functional groups attached to an aromatic ring is 6. The number of nitrogens with two attached hydrogens (primary N) is 6. The Labute approximate surface area is 790 Å². The van der Waals surface area contributed by atoms with Crippen LogP contribution in [0.25, 0.3) is 67.5 Å². The highest BCUT2D eigenvalue weighted by molar-refractivity contribution is 5.67. The summed E-state index contributed by atoms with van der Waals surface area (Å²) in [5.41, 5.74) is 54.3. The van der Waals surface area contributed by atoms with E-state index in [4.69, 9.17) is 59.1 Å². The van der Waals surface area contributed by atoms with Crippen molar-refractivity contribution in [3.05, 3.63) is 179 Å². The third kappa shape index (κ3) is 15.6. The molecular formula is C105H135N25O5.